The molecule has 0 aliphatic carbocycles. The van der Waals surface area contributed by atoms with E-state index in [1.54, 1.807) is 0 Å². The lowest BCUT2D eigenvalue weighted by Gasteiger charge is -2.14. The quantitative estimate of drug-likeness (QED) is 0.630. The fourth-order valence-corrected chi connectivity index (χ4v) is 1.92. The van der Waals surface area contributed by atoms with Crippen LogP contribution in [0.15, 0.2) is 0 Å². The van der Waals surface area contributed by atoms with E-state index in [1.165, 1.54) is 0 Å². The molecule has 0 aliphatic rings. The van der Waals surface area contributed by atoms with Gasteiger partial charge in [-0.05, 0) is 33.1 Å². The Balaban J connectivity index is 2.71. The number of rotatable bonds is 8. The van der Waals surface area contributed by atoms with Gasteiger partial charge in [-0.3, -0.25) is 0 Å². The summed E-state index contributed by atoms with van der Waals surface area (Å²) in [5.74, 6) is 2.65. The fraction of sp³-hybridized carbons (Fsp3) is 0.714. The highest BCUT2D eigenvalue weighted by molar-refractivity contribution is 5.56. The van der Waals surface area contributed by atoms with Gasteiger partial charge in [0.25, 0.3) is 0 Å². The van der Waals surface area contributed by atoms with Crippen LogP contribution in [0.4, 0.5) is 11.6 Å². The van der Waals surface area contributed by atoms with Crippen molar-refractivity contribution in [2.45, 2.75) is 52.6 Å². The summed E-state index contributed by atoms with van der Waals surface area (Å²) in [5, 5.41) is 15.7. The molecule has 0 fully saturated rings. The zero-order valence-electron chi connectivity index (χ0n) is 12.5. The van der Waals surface area contributed by atoms with Gasteiger partial charge in [-0.15, -0.1) is 0 Å². The molecule has 3 N–H and O–H groups in total. The molecule has 0 bridgehead atoms. The Bertz CT molecular complexity index is 393. The number of hydrogen-bond acceptors (Lipinski definition) is 5. The van der Waals surface area contributed by atoms with Crippen LogP contribution in [0, 0.1) is 6.92 Å². The van der Waals surface area contributed by atoms with Crippen molar-refractivity contribution < 1.29 is 5.11 Å². The van der Waals surface area contributed by atoms with E-state index in [1.807, 2.05) is 20.9 Å². The smallest absolute Gasteiger partial charge is 0.134 e. The Morgan fingerprint density at radius 1 is 1.26 bits per heavy atom. The van der Waals surface area contributed by atoms with Crippen molar-refractivity contribution in [3.8, 4) is 0 Å². The van der Waals surface area contributed by atoms with E-state index in [0.717, 1.165) is 55.3 Å². The molecule has 1 unspecified atom stereocenters. The molecule has 1 heterocycles. The maximum atomic E-state index is 9.24. The van der Waals surface area contributed by atoms with Gasteiger partial charge in [-0.25, -0.2) is 9.97 Å². The van der Waals surface area contributed by atoms with Gasteiger partial charge in [0.15, 0.2) is 0 Å². The molecule has 0 radical (unpaired) electrons. The van der Waals surface area contributed by atoms with Crippen LogP contribution in [0.2, 0.25) is 0 Å². The highest BCUT2D eigenvalue weighted by Gasteiger charge is 2.09. The van der Waals surface area contributed by atoms with Crippen LogP contribution in [0.5, 0.6) is 0 Å². The van der Waals surface area contributed by atoms with Crippen molar-refractivity contribution in [3.05, 3.63) is 11.4 Å². The van der Waals surface area contributed by atoms with Gasteiger partial charge in [0, 0.05) is 25.6 Å². The molecule has 0 amide bonds. The number of nitrogens with zero attached hydrogens (tertiary/aromatic N) is 2. The monoisotopic (exact) mass is 266 g/mol. The average molecular weight is 266 g/mol. The standard InChI is InChI=1S/C14H26N4O/c1-5-7-12-17-13(15-4)11(3)14(18-12)16-9-6-8-10(2)19/h10,19H,5-9H2,1-4H3,(H2,15,16,17,18). The van der Waals surface area contributed by atoms with Gasteiger partial charge in [0.1, 0.15) is 17.5 Å². The highest BCUT2D eigenvalue weighted by Crippen LogP contribution is 2.20. The van der Waals surface area contributed by atoms with Gasteiger partial charge < -0.3 is 15.7 Å². The molecule has 108 valence electrons. The second-order valence-electron chi connectivity index (χ2n) is 4.88. The third-order valence-electron chi connectivity index (χ3n) is 2.99. The molecule has 0 aliphatic heterocycles. The molecule has 0 saturated carbocycles. The van der Waals surface area contributed by atoms with Gasteiger partial charge in [-0.2, -0.15) is 0 Å². The molecular formula is C14H26N4O. The Kier molecular flexibility index (Phi) is 6.56. The maximum Gasteiger partial charge on any atom is 0.134 e. The Morgan fingerprint density at radius 3 is 2.53 bits per heavy atom. The van der Waals surface area contributed by atoms with E-state index in [4.69, 9.17) is 0 Å². The number of aliphatic hydroxyl groups excluding tert-OH is 1. The molecule has 0 spiro atoms. The van der Waals surface area contributed by atoms with Crippen molar-refractivity contribution in [3.63, 3.8) is 0 Å². The van der Waals surface area contributed by atoms with Gasteiger partial charge >= 0.3 is 0 Å². The van der Waals surface area contributed by atoms with Gasteiger partial charge in [-0.1, -0.05) is 6.92 Å². The summed E-state index contributed by atoms with van der Waals surface area (Å²) in [7, 11) is 1.88. The lowest BCUT2D eigenvalue weighted by atomic mass is 10.2. The molecule has 1 atom stereocenters. The SMILES string of the molecule is CCCc1nc(NC)c(C)c(NCCCC(C)O)n1. The van der Waals surface area contributed by atoms with E-state index in [9.17, 15) is 5.11 Å². The Morgan fingerprint density at radius 2 is 1.95 bits per heavy atom. The van der Waals surface area contributed by atoms with Gasteiger partial charge in [0.2, 0.25) is 0 Å². The second-order valence-corrected chi connectivity index (χ2v) is 4.88. The van der Waals surface area contributed by atoms with Crippen molar-refractivity contribution in [2.24, 2.45) is 0 Å². The third kappa shape index (κ3) is 5.03. The summed E-state index contributed by atoms with van der Waals surface area (Å²) in [6, 6.07) is 0. The minimum atomic E-state index is -0.239. The minimum absolute atomic E-state index is 0.239. The molecule has 5 heteroatoms. The normalized spacial score (nSPS) is 12.3. The molecule has 1 rings (SSSR count). The molecule has 19 heavy (non-hydrogen) atoms. The summed E-state index contributed by atoms with van der Waals surface area (Å²) in [6.07, 6.45) is 3.42. The van der Waals surface area contributed by atoms with Crippen LogP contribution in [0.3, 0.4) is 0 Å². The third-order valence-corrected chi connectivity index (χ3v) is 2.99. The summed E-state index contributed by atoms with van der Waals surface area (Å²) >= 11 is 0. The Hall–Kier alpha value is -1.36. The van der Waals surface area contributed by atoms with Crippen LogP contribution < -0.4 is 10.6 Å². The van der Waals surface area contributed by atoms with E-state index >= 15 is 0 Å². The maximum absolute atomic E-state index is 9.24. The first-order valence-electron chi connectivity index (χ1n) is 7.05. The second kappa shape index (κ2) is 7.94. The molecule has 0 saturated heterocycles. The largest absolute Gasteiger partial charge is 0.393 e. The van der Waals surface area contributed by atoms with Crippen molar-refractivity contribution >= 4 is 11.6 Å². The first-order chi connectivity index (χ1) is 9.08. The fourth-order valence-electron chi connectivity index (χ4n) is 1.92. The van der Waals surface area contributed by atoms with Crippen molar-refractivity contribution in [1.82, 2.24) is 9.97 Å². The molecule has 1 aromatic rings. The number of aryl methyl sites for hydroxylation is 1. The van der Waals surface area contributed by atoms with E-state index < -0.39 is 0 Å². The highest BCUT2D eigenvalue weighted by atomic mass is 16.3. The molecular weight excluding hydrogens is 240 g/mol. The summed E-state index contributed by atoms with van der Waals surface area (Å²) in [6.45, 7) is 6.77. The van der Waals surface area contributed by atoms with Gasteiger partial charge in [0.05, 0.1) is 6.10 Å². The van der Waals surface area contributed by atoms with Crippen LogP contribution in [0.25, 0.3) is 0 Å². The van der Waals surface area contributed by atoms with Crippen molar-refractivity contribution in [2.75, 3.05) is 24.2 Å². The Labute approximate surface area is 115 Å². The number of hydrogen-bond donors (Lipinski definition) is 3. The lowest BCUT2D eigenvalue weighted by molar-refractivity contribution is 0.183. The van der Waals surface area contributed by atoms with Crippen LogP contribution >= 0.6 is 0 Å². The number of aliphatic hydroxyl groups is 1. The number of aromatic nitrogens is 2. The zero-order chi connectivity index (χ0) is 14.3. The lowest BCUT2D eigenvalue weighted by Crippen LogP contribution is -2.12. The number of anilines is 2. The van der Waals surface area contributed by atoms with Crippen LogP contribution in [-0.4, -0.2) is 34.8 Å². The zero-order valence-corrected chi connectivity index (χ0v) is 12.5. The first kappa shape index (κ1) is 15.7. The first-order valence-corrected chi connectivity index (χ1v) is 7.05. The summed E-state index contributed by atoms with van der Waals surface area (Å²) in [4.78, 5) is 9.06. The topological polar surface area (TPSA) is 70.1 Å². The summed E-state index contributed by atoms with van der Waals surface area (Å²) in [5.41, 5.74) is 1.04. The predicted molar refractivity (Wildman–Crippen MR) is 79.7 cm³/mol. The van der Waals surface area contributed by atoms with Crippen molar-refractivity contribution in [1.29, 1.82) is 0 Å². The molecule has 1 aromatic heterocycles. The molecule has 5 nitrogen and oxygen atoms in total. The summed E-state index contributed by atoms with van der Waals surface area (Å²) < 4.78 is 0. The van der Waals surface area contributed by atoms with E-state index in [0.29, 0.717) is 0 Å². The number of nitrogens with one attached hydrogen (secondary N) is 2. The van der Waals surface area contributed by atoms with E-state index in [-0.39, 0.29) is 6.10 Å². The average Bonchev–Trinajstić information content (AvgIpc) is 2.37. The van der Waals surface area contributed by atoms with Crippen LogP contribution in [0.1, 0.15) is 44.5 Å². The predicted octanol–water partition coefficient (Wildman–Crippen LogP) is 2.35. The molecule has 0 aromatic carbocycles. The van der Waals surface area contributed by atoms with Crippen LogP contribution in [-0.2, 0) is 6.42 Å². The van der Waals surface area contributed by atoms with E-state index in [2.05, 4.69) is 27.5 Å². The minimum Gasteiger partial charge on any atom is -0.393 e.